The average Bonchev–Trinajstić information content (AvgIpc) is 2.91. The zero-order chi connectivity index (χ0) is 41.5. The first-order valence-corrected chi connectivity index (χ1v) is 18.5. The second-order valence-corrected chi connectivity index (χ2v) is 18.3. The molecule has 0 aromatic rings. The Morgan fingerprint density at radius 1 is 0.623 bits per heavy atom. The number of amides is 3. The smallest absolute Gasteiger partial charge is 0.410 e. The van der Waals surface area contributed by atoms with Crippen molar-refractivity contribution in [2.24, 2.45) is 0 Å². The van der Waals surface area contributed by atoms with E-state index in [2.05, 4.69) is 9.50 Å². The predicted molar refractivity (Wildman–Crippen MR) is 181 cm³/mol. The summed E-state index contributed by atoms with van der Waals surface area (Å²) >= 11 is 0. The molecule has 4 aliphatic rings. The lowest BCUT2D eigenvalue weighted by Gasteiger charge is -2.43. The minimum Gasteiger partial charge on any atom is -0.444 e. The van der Waals surface area contributed by atoms with Crippen LogP contribution in [0.1, 0.15) is 62.3 Å². The molecule has 4 saturated heterocycles. The highest BCUT2D eigenvalue weighted by Gasteiger charge is 2.49. The van der Waals surface area contributed by atoms with Gasteiger partial charge in [0.15, 0.2) is 22.7 Å². The van der Waals surface area contributed by atoms with E-state index in [1.54, 1.807) is 62.3 Å². The molecule has 4 rings (SSSR count). The summed E-state index contributed by atoms with van der Waals surface area (Å²) in [4.78, 5) is 37.6. The molecule has 0 radical (unpaired) electrons. The van der Waals surface area contributed by atoms with Crippen molar-refractivity contribution in [3.63, 3.8) is 0 Å². The van der Waals surface area contributed by atoms with Crippen LogP contribution in [0, 0.1) is 0 Å². The molecule has 0 aliphatic carbocycles. The van der Waals surface area contributed by atoms with Crippen LogP contribution in [0.4, 0.5) is 40.7 Å². The van der Waals surface area contributed by atoms with Crippen LogP contribution in [0.15, 0.2) is 0 Å². The summed E-state index contributed by atoms with van der Waals surface area (Å²) < 4.78 is 117. The normalized spacial score (nSPS) is 20.7. The summed E-state index contributed by atoms with van der Waals surface area (Å²) in [6.45, 7) is 11.9. The third-order valence-electron chi connectivity index (χ3n) is 6.98. The predicted octanol–water partition coefficient (Wildman–Crippen LogP) is 4.04. The number of hydrogen-bond donors (Lipinski definition) is 2. The van der Waals surface area contributed by atoms with E-state index in [9.17, 15) is 49.1 Å². The molecule has 0 atom stereocenters. The number of carbonyl (C=O) groups is 3. The lowest BCUT2D eigenvalue weighted by Crippen LogP contribution is -2.63. The molecule has 14 nitrogen and oxygen atoms in total. The van der Waals surface area contributed by atoms with E-state index in [1.807, 2.05) is 0 Å². The summed E-state index contributed by atoms with van der Waals surface area (Å²) in [6, 6.07) is 0. The standard InChI is InChI=1S/C10H18FNO5S.C9H15F2NO2.C9H16FNO3.C4H7F2N/c1-9(2,3)17-8(13)12-5-10(11,6-12)7-16-18(4,14)15;1-8(2,3)14-7(13)12-5-9(11,4-10)6-12;1-8(2,3)14-7(13)11-4-9(10,5-11)6-12;5-1-4(6)2-7-3-4/h5-7H2,1-4H3;4-6H2,1-3H3;12H,4-6H2,1-3H3;7H,1-3H2. The minimum absolute atomic E-state index is 0.0849. The Morgan fingerprint density at radius 2 is 0.925 bits per heavy atom. The van der Waals surface area contributed by atoms with Crippen LogP contribution in [0.3, 0.4) is 0 Å². The lowest BCUT2D eigenvalue weighted by atomic mass is 9.98. The molecule has 2 N–H and O–H groups in total. The van der Waals surface area contributed by atoms with E-state index >= 15 is 0 Å². The van der Waals surface area contributed by atoms with Gasteiger partial charge in [-0.3, -0.25) is 4.18 Å². The summed E-state index contributed by atoms with van der Waals surface area (Å²) in [5.74, 6) is 0. The first kappa shape index (κ1) is 48.2. The van der Waals surface area contributed by atoms with Gasteiger partial charge in [0, 0.05) is 13.1 Å². The van der Waals surface area contributed by atoms with E-state index in [0.29, 0.717) is 0 Å². The fourth-order valence-electron chi connectivity index (χ4n) is 4.26. The first-order valence-electron chi connectivity index (χ1n) is 16.7. The van der Waals surface area contributed by atoms with Gasteiger partial charge in [-0.05, 0) is 62.3 Å². The van der Waals surface area contributed by atoms with Crippen LogP contribution >= 0.6 is 0 Å². The van der Waals surface area contributed by atoms with Crippen molar-refractivity contribution in [1.29, 1.82) is 0 Å². The summed E-state index contributed by atoms with van der Waals surface area (Å²) in [5, 5.41) is 11.3. The monoisotopic (exact) mass is 802 g/mol. The van der Waals surface area contributed by atoms with Gasteiger partial charge in [-0.2, -0.15) is 8.42 Å². The summed E-state index contributed by atoms with van der Waals surface area (Å²) in [5.41, 5.74) is -8.62. The molecule has 53 heavy (non-hydrogen) atoms. The Bertz CT molecular complexity index is 1280. The zero-order valence-corrected chi connectivity index (χ0v) is 32.9. The molecule has 4 heterocycles. The highest BCUT2D eigenvalue weighted by atomic mass is 32.2. The van der Waals surface area contributed by atoms with E-state index in [0.717, 1.165) is 16.1 Å². The van der Waals surface area contributed by atoms with Crippen LogP contribution in [-0.2, 0) is 28.5 Å². The average molecular weight is 803 g/mol. The number of nitrogens with one attached hydrogen (secondary N) is 1. The van der Waals surface area contributed by atoms with Crippen molar-refractivity contribution >= 4 is 28.4 Å². The third-order valence-corrected chi connectivity index (χ3v) is 7.52. The molecular formula is C32H56F6N4O10S. The Balaban J connectivity index is 0.000000367. The van der Waals surface area contributed by atoms with Crippen LogP contribution in [0.25, 0.3) is 0 Å². The highest BCUT2D eigenvalue weighted by molar-refractivity contribution is 7.85. The van der Waals surface area contributed by atoms with Crippen molar-refractivity contribution in [2.75, 3.05) is 85.2 Å². The van der Waals surface area contributed by atoms with Crippen molar-refractivity contribution in [1.82, 2.24) is 20.0 Å². The van der Waals surface area contributed by atoms with Gasteiger partial charge in [0.1, 0.15) is 36.8 Å². The molecule has 3 amide bonds. The van der Waals surface area contributed by atoms with Gasteiger partial charge in [0.2, 0.25) is 0 Å². The van der Waals surface area contributed by atoms with Crippen LogP contribution in [0.2, 0.25) is 0 Å². The van der Waals surface area contributed by atoms with E-state index in [4.69, 9.17) is 19.3 Å². The fourth-order valence-corrected chi connectivity index (χ4v) is 4.68. The maximum Gasteiger partial charge on any atom is 0.410 e. The molecule has 21 heteroatoms. The van der Waals surface area contributed by atoms with E-state index in [1.165, 1.54) is 4.90 Å². The van der Waals surface area contributed by atoms with Crippen LogP contribution in [0.5, 0.6) is 0 Å². The van der Waals surface area contributed by atoms with Gasteiger partial charge in [-0.25, -0.2) is 40.7 Å². The topological polar surface area (TPSA) is 164 Å². The van der Waals surface area contributed by atoms with Gasteiger partial charge in [0.25, 0.3) is 10.1 Å². The van der Waals surface area contributed by atoms with Gasteiger partial charge < -0.3 is 39.3 Å². The van der Waals surface area contributed by atoms with Crippen molar-refractivity contribution in [2.45, 2.75) is 102 Å². The number of aliphatic hydroxyl groups is 1. The molecule has 0 bridgehead atoms. The number of alkyl halides is 6. The number of carbonyl (C=O) groups excluding carboxylic acids is 3. The second-order valence-electron chi connectivity index (χ2n) is 16.6. The van der Waals surface area contributed by atoms with Gasteiger partial charge >= 0.3 is 18.3 Å². The molecule has 4 fully saturated rings. The maximum absolute atomic E-state index is 13.8. The first-order chi connectivity index (χ1) is 23.7. The molecule has 4 aliphatic heterocycles. The Morgan fingerprint density at radius 3 is 1.13 bits per heavy atom. The number of aliphatic hydroxyl groups excluding tert-OH is 1. The zero-order valence-electron chi connectivity index (χ0n) is 32.1. The number of likely N-dealkylation sites (tertiary alicyclic amines) is 3. The minimum atomic E-state index is -3.67. The van der Waals surface area contributed by atoms with Crippen LogP contribution in [-0.4, -0.2) is 171 Å². The SMILES string of the molecule is CC(C)(C)OC(=O)N1CC(F)(CF)C1.CC(C)(C)OC(=O)N1CC(F)(CO)C1.CC(C)(C)OC(=O)N1CC(F)(COS(C)(=O)=O)C1.FCC1(F)CNC1. The molecule has 0 spiro atoms. The molecule has 0 saturated carbocycles. The van der Waals surface area contributed by atoms with Gasteiger partial charge in [-0.1, -0.05) is 0 Å². The molecule has 0 aromatic carbocycles. The Labute approximate surface area is 307 Å². The Hall–Kier alpha value is -2.78. The number of nitrogens with zero attached hydrogens (tertiary/aromatic N) is 3. The van der Waals surface area contributed by atoms with E-state index in [-0.39, 0.29) is 52.4 Å². The van der Waals surface area contributed by atoms with Crippen molar-refractivity contribution in [3.05, 3.63) is 0 Å². The Kier molecular flexibility index (Phi) is 16.2. The molecule has 0 unspecified atom stereocenters. The number of rotatable bonds is 6. The lowest BCUT2D eigenvalue weighted by molar-refractivity contribution is -0.0731. The van der Waals surface area contributed by atoms with Gasteiger partial charge in [0.05, 0.1) is 52.1 Å². The van der Waals surface area contributed by atoms with E-state index < -0.39 is 94.4 Å². The second kappa shape index (κ2) is 17.8. The quantitative estimate of drug-likeness (QED) is 0.226. The largest absolute Gasteiger partial charge is 0.444 e. The summed E-state index contributed by atoms with van der Waals surface area (Å²) in [6.07, 6.45) is -0.880. The number of ether oxygens (including phenoxy) is 3. The summed E-state index contributed by atoms with van der Waals surface area (Å²) in [7, 11) is -3.67. The maximum atomic E-state index is 13.8. The molecule has 312 valence electrons. The van der Waals surface area contributed by atoms with Crippen LogP contribution < -0.4 is 5.32 Å². The highest BCUT2D eigenvalue weighted by Crippen LogP contribution is 2.29. The fraction of sp³-hybridized carbons (Fsp3) is 0.906. The van der Waals surface area contributed by atoms with Crippen molar-refractivity contribution in [3.8, 4) is 0 Å². The van der Waals surface area contributed by atoms with Gasteiger partial charge in [-0.15, -0.1) is 0 Å². The van der Waals surface area contributed by atoms with Crippen molar-refractivity contribution < 1.29 is 72.6 Å². The molecule has 0 aromatic heterocycles. The third kappa shape index (κ3) is 17.9. The number of hydrogen-bond acceptors (Lipinski definition) is 11. The molecular weight excluding hydrogens is 746 g/mol. The number of halogens is 6.